The third kappa shape index (κ3) is 2.08. The van der Waals surface area contributed by atoms with Gasteiger partial charge in [-0.1, -0.05) is 42.5 Å². The Hall–Kier alpha value is -2.66. The zero-order valence-corrected chi connectivity index (χ0v) is 11.8. The first-order chi connectivity index (χ1) is 10.3. The Morgan fingerprint density at radius 3 is 2.67 bits per heavy atom. The van der Waals surface area contributed by atoms with Crippen molar-refractivity contribution in [2.75, 3.05) is 0 Å². The average Bonchev–Trinajstić information content (AvgIpc) is 3.17. The Bertz CT molecular complexity index is 952. The molecule has 4 nitrogen and oxygen atoms in total. The van der Waals surface area contributed by atoms with E-state index in [1.807, 2.05) is 54.6 Å². The van der Waals surface area contributed by atoms with Gasteiger partial charge in [0.05, 0.1) is 12.0 Å². The van der Waals surface area contributed by atoms with Crippen LogP contribution in [0.1, 0.15) is 0 Å². The van der Waals surface area contributed by atoms with Crippen LogP contribution in [0.2, 0.25) is 0 Å². The summed E-state index contributed by atoms with van der Waals surface area (Å²) in [4.78, 5) is 4.66. The molecule has 0 aliphatic heterocycles. The van der Waals surface area contributed by atoms with E-state index in [2.05, 4.69) is 10.1 Å². The first kappa shape index (κ1) is 12.1. The predicted octanol–water partition coefficient (Wildman–Crippen LogP) is 4.32. The molecule has 0 radical (unpaired) electrons. The monoisotopic (exact) mass is 293 g/mol. The van der Waals surface area contributed by atoms with Gasteiger partial charge in [0.2, 0.25) is 0 Å². The number of aromatic nitrogens is 3. The van der Waals surface area contributed by atoms with E-state index in [1.54, 1.807) is 10.8 Å². The lowest BCUT2D eigenvalue weighted by Crippen LogP contribution is -1.94. The van der Waals surface area contributed by atoms with Crippen LogP contribution < -0.4 is 0 Å². The van der Waals surface area contributed by atoms with Crippen LogP contribution in [0.15, 0.2) is 65.3 Å². The summed E-state index contributed by atoms with van der Waals surface area (Å²) in [5, 5.41) is 3.20. The quantitative estimate of drug-likeness (QED) is 0.560. The van der Waals surface area contributed by atoms with Gasteiger partial charge >= 0.3 is 0 Å². The first-order valence-corrected chi connectivity index (χ1v) is 6.94. The summed E-state index contributed by atoms with van der Waals surface area (Å²) >= 11 is 5.45. The summed E-state index contributed by atoms with van der Waals surface area (Å²) in [6.45, 7) is 0. The second kappa shape index (κ2) is 4.71. The van der Waals surface area contributed by atoms with Crippen LogP contribution >= 0.6 is 12.2 Å². The summed E-state index contributed by atoms with van der Waals surface area (Å²) in [6, 6.07) is 17.6. The lowest BCUT2D eigenvalue weighted by molar-refractivity contribution is 0.579. The summed E-state index contributed by atoms with van der Waals surface area (Å²) in [6.07, 6.45) is 1.64. The highest BCUT2D eigenvalue weighted by molar-refractivity contribution is 7.71. The molecule has 0 aliphatic rings. The normalized spacial score (nSPS) is 11.0. The van der Waals surface area contributed by atoms with Gasteiger partial charge in [-0.3, -0.25) is 5.10 Å². The van der Waals surface area contributed by atoms with Crippen LogP contribution in [0, 0.1) is 4.64 Å². The van der Waals surface area contributed by atoms with Crippen LogP contribution in [0.4, 0.5) is 0 Å². The Labute approximate surface area is 125 Å². The highest BCUT2D eigenvalue weighted by Crippen LogP contribution is 2.22. The minimum Gasteiger partial charge on any atom is -0.463 e. The van der Waals surface area contributed by atoms with Crippen molar-refractivity contribution in [2.24, 2.45) is 0 Å². The highest BCUT2D eigenvalue weighted by Gasteiger charge is 2.08. The van der Waals surface area contributed by atoms with Gasteiger partial charge in [0.1, 0.15) is 10.3 Å². The van der Waals surface area contributed by atoms with E-state index in [0.717, 1.165) is 28.4 Å². The number of rotatable bonds is 2. The molecule has 102 valence electrons. The molecule has 0 bridgehead atoms. The van der Waals surface area contributed by atoms with Crippen molar-refractivity contribution < 1.29 is 4.42 Å². The Morgan fingerprint density at radius 2 is 1.90 bits per heavy atom. The minimum absolute atomic E-state index is 0.677. The second-order valence-electron chi connectivity index (χ2n) is 4.69. The maximum absolute atomic E-state index is 5.45. The molecular formula is C16H11N3OS. The van der Waals surface area contributed by atoms with Gasteiger partial charge in [0, 0.05) is 17.7 Å². The van der Waals surface area contributed by atoms with Crippen molar-refractivity contribution in [3.8, 4) is 22.7 Å². The molecule has 0 saturated heterocycles. The van der Waals surface area contributed by atoms with Crippen LogP contribution in [0.25, 0.3) is 28.4 Å². The number of benzene rings is 1. The fourth-order valence-corrected chi connectivity index (χ4v) is 2.56. The van der Waals surface area contributed by atoms with Gasteiger partial charge in [-0.05, 0) is 12.1 Å². The maximum Gasteiger partial charge on any atom is 0.155 e. The maximum atomic E-state index is 5.45. The van der Waals surface area contributed by atoms with E-state index in [4.69, 9.17) is 16.6 Å². The molecule has 0 fully saturated rings. The van der Waals surface area contributed by atoms with Crippen LogP contribution in [-0.2, 0) is 0 Å². The molecule has 1 N–H and O–H groups in total. The molecular weight excluding hydrogens is 282 g/mol. The molecule has 0 saturated carbocycles. The molecule has 3 heterocycles. The first-order valence-electron chi connectivity index (χ1n) is 6.53. The molecule has 1 aromatic carbocycles. The lowest BCUT2D eigenvalue weighted by Gasteiger charge is -2.01. The van der Waals surface area contributed by atoms with Crippen molar-refractivity contribution in [2.45, 2.75) is 0 Å². The van der Waals surface area contributed by atoms with Crippen LogP contribution in [-0.4, -0.2) is 14.6 Å². The van der Waals surface area contributed by atoms with Gasteiger partial charge in [0.25, 0.3) is 0 Å². The largest absolute Gasteiger partial charge is 0.463 e. The van der Waals surface area contributed by atoms with Gasteiger partial charge in [-0.25, -0.2) is 9.50 Å². The number of nitrogens with one attached hydrogen (secondary N) is 1. The average molecular weight is 293 g/mol. The van der Waals surface area contributed by atoms with E-state index in [0.29, 0.717) is 4.64 Å². The Morgan fingerprint density at radius 1 is 1.05 bits per heavy atom. The van der Waals surface area contributed by atoms with Crippen molar-refractivity contribution >= 4 is 17.9 Å². The summed E-state index contributed by atoms with van der Waals surface area (Å²) < 4.78 is 7.85. The highest BCUT2D eigenvalue weighted by atomic mass is 32.1. The summed E-state index contributed by atoms with van der Waals surface area (Å²) in [5.41, 5.74) is 3.54. The number of furan rings is 1. The third-order valence-corrected chi connectivity index (χ3v) is 3.61. The van der Waals surface area contributed by atoms with Crippen molar-refractivity contribution in [1.82, 2.24) is 14.6 Å². The number of nitrogens with zero attached hydrogens (tertiary/aromatic N) is 2. The van der Waals surface area contributed by atoms with E-state index in [1.165, 1.54) is 0 Å². The van der Waals surface area contributed by atoms with E-state index >= 15 is 0 Å². The molecule has 4 aromatic rings. The van der Waals surface area contributed by atoms with Gasteiger partial charge < -0.3 is 4.42 Å². The smallest absolute Gasteiger partial charge is 0.155 e. The molecule has 3 aromatic heterocycles. The van der Waals surface area contributed by atoms with E-state index in [-0.39, 0.29) is 0 Å². The van der Waals surface area contributed by atoms with E-state index < -0.39 is 0 Å². The zero-order valence-electron chi connectivity index (χ0n) is 11.0. The number of fused-ring (bicyclic) bond motifs is 1. The number of hydrogen-bond donors (Lipinski definition) is 1. The van der Waals surface area contributed by atoms with Crippen molar-refractivity contribution in [1.29, 1.82) is 0 Å². The van der Waals surface area contributed by atoms with E-state index in [9.17, 15) is 0 Å². The van der Waals surface area contributed by atoms with Gasteiger partial charge in [-0.2, -0.15) is 0 Å². The Kier molecular flexibility index (Phi) is 2.72. The SMILES string of the molecule is S=c1cc(-c2ccccc2)nc2cc(-c3ccco3)[nH]n12. The second-order valence-corrected chi connectivity index (χ2v) is 5.10. The molecule has 5 heteroatoms. The molecule has 0 amide bonds. The summed E-state index contributed by atoms with van der Waals surface area (Å²) in [7, 11) is 0. The fourth-order valence-electron chi connectivity index (χ4n) is 2.31. The van der Waals surface area contributed by atoms with Crippen LogP contribution in [0.5, 0.6) is 0 Å². The van der Waals surface area contributed by atoms with Crippen molar-refractivity contribution in [3.05, 3.63) is 65.5 Å². The topological polar surface area (TPSA) is 46.2 Å². The third-order valence-electron chi connectivity index (χ3n) is 3.31. The van der Waals surface area contributed by atoms with Crippen LogP contribution in [0.3, 0.4) is 0 Å². The summed E-state index contributed by atoms with van der Waals surface area (Å²) in [5.74, 6) is 0.760. The number of aromatic amines is 1. The molecule has 0 unspecified atom stereocenters. The number of hydrogen-bond acceptors (Lipinski definition) is 3. The zero-order chi connectivity index (χ0) is 14.2. The minimum atomic E-state index is 0.677. The molecule has 0 aliphatic carbocycles. The fraction of sp³-hybridized carbons (Fsp3) is 0. The molecule has 0 spiro atoms. The Balaban J connectivity index is 1.92. The lowest BCUT2D eigenvalue weighted by atomic mass is 10.1. The van der Waals surface area contributed by atoms with Gasteiger partial charge in [0.15, 0.2) is 11.4 Å². The molecule has 4 rings (SSSR count). The predicted molar refractivity (Wildman–Crippen MR) is 83.5 cm³/mol. The van der Waals surface area contributed by atoms with Gasteiger partial charge in [-0.15, -0.1) is 0 Å². The number of H-pyrrole nitrogens is 1. The van der Waals surface area contributed by atoms with Crippen molar-refractivity contribution in [3.63, 3.8) is 0 Å². The standard InChI is InChI=1S/C16H11N3OS/c21-16-10-12(11-5-2-1-3-6-11)17-15-9-13(18-19(15)16)14-7-4-8-20-14/h1-10,18H. The molecule has 0 atom stereocenters. The molecule has 21 heavy (non-hydrogen) atoms.